The molecule has 3 rings (SSSR count). The molecule has 3 aromatic rings. The maximum Gasteiger partial charge on any atom is 0.455 e. The largest absolute Gasteiger partial charge is 0.455 e. The number of amides is 2. The number of carbonyl (C=O) groups excluding carboxylic acids is 2. The van der Waals surface area contributed by atoms with Crippen LogP contribution in [0.15, 0.2) is 51.9 Å². The maximum atomic E-state index is 13.4. The van der Waals surface area contributed by atoms with Gasteiger partial charge in [-0.25, -0.2) is 9.67 Å². The fourth-order valence-corrected chi connectivity index (χ4v) is 3.40. The third-order valence-corrected chi connectivity index (χ3v) is 5.18. The van der Waals surface area contributed by atoms with Gasteiger partial charge in [0.2, 0.25) is 0 Å². The van der Waals surface area contributed by atoms with Gasteiger partial charge >= 0.3 is 6.18 Å². The number of nitrogens with two attached hydrogens (primary N) is 1. The molecule has 0 saturated carbocycles. The number of nitrogens with zero attached hydrogens (tertiary/aromatic N) is 7. The summed E-state index contributed by atoms with van der Waals surface area (Å²) in [6, 6.07) is 9.03. The molecule has 12 nitrogen and oxygen atoms in total. The molecule has 0 spiro atoms. The molecule has 1 aromatic carbocycles. The van der Waals surface area contributed by atoms with Crippen molar-refractivity contribution in [3.05, 3.63) is 69.6 Å². The molecule has 16 heteroatoms. The number of alkyl halides is 3. The molecule has 2 heterocycles. The number of pyridine rings is 1. The van der Waals surface area contributed by atoms with Crippen LogP contribution in [0.3, 0.4) is 0 Å². The topological polar surface area (TPSA) is 176 Å². The number of halogens is 4. The Balaban J connectivity index is 2.05. The van der Waals surface area contributed by atoms with Gasteiger partial charge in [-0.1, -0.05) is 11.6 Å². The molecule has 0 fully saturated rings. The van der Waals surface area contributed by atoms with Gasteiger partial charge in [-0.3, -0.25) is 9.59 Å². The van der Waals surface area contributed by atoms with Crippen molar-refractivity contribution in [2.24, 2.45) is 21.2 Å². The Labute approximate surface area is 218 Å². The molecule has 0 saturated heterocycles. The van der Waals surface area contributed by atoms with Gasteiger partial charge in [-0.2, -0.15) is 33.7 Å². The van der Waals surface area contributed by atoms with Crippen molar-refractivity contribution in [1.82, 2.24) is 20.1 Å². The molecule has 0 bridgehead atoms. The monoisotopic (exact) mass is 546 g/mol. The van der Waals surface area contributed by atoms with E-state index in [1.54, 1.807) is 13.0 Å². The number of nitriles is 1. The van der Waals surface area contributed by atoms with E-state index in [0.717, 1.165) is 4.68 Å². The van der Waals surface area contributed by atoms with E-state index in [9.17, 15) is 28.0 Å². The Morgan fingerprint density at radius 1 is 1.26 bits per heavy atom. The number of aromatic nitrogens is 3. The van der Waals surface area contributed by atoms with Crippen LogP contribution in [-0.2, 0) is 6.54 Å². The van der Waals surface area contributed by atoms with Crippen LogP contribution in [0.5, 0.6) is 0 Å². The maximum absolute atomic E-state index is 13.4. The van der Waals surface area contributed by atoms with Crippen molar-refractivity contribution in [1.29, 1.82) is 5.26 Å². The van der Waals surface area contributed by atoms with Gasteiger partial charge in [0.15, 0.2) is 5.82 Å². The Hall–Kier alpha value is -4.84. The first-order valence-corrected chi connectivity index (χ1v) is 10.9. The summed E-state index contributed by atoms with van der Waals surface area (Å²) in [5, 5.41) is 27.6. The van der Waals surface area contributed by atoms with E-state index >= 15 is 0 Å². The SMILES string of the molecule is CNC(=O)c1cc(C#N)cc(C)c1NC(=O)c1cc(CN=N/C(=N\N)C(F)(F)F)nn1-c1ncccc1Cl. The van der Waals surface area contributed by atoms with E-state index in [-0.39, 0.29) is 39.0 Å². The van der Waals surface area contributed by atoms with Crippen LogP contribution in [-0.4, -0.2) is 45.6 Å². The highest BCUT2D eigenvalue weighted by molar-refractivity contribution is 6.32. The predicted octanol–water partition coefficient (Wildman–Crippen LogP) is 3.50. The van der Waals surface area contributed by atoms with Gasteiger partial charge in [-0.15, -0.1) is 5.11 Å². The lowest BCUT2D eigenvalue weighted by molar-refractivity contribution is -0.0602. The standard InChI is InChI=1S/C22H18ClF3N10O2/c1-11-6-12(9-27)7-14(19(37)29-2)17(11)32-20(38)16-8-13(10-31-34-21(33-28)22(24,25)26)35-36(16)18-15(23)4-3-5-30-18/h3-8H,10,28H2,1-2H3,(H,29,37)(H,32,38)/b33-21-,34-31?. The first kappa shape index (κ1) is 27.7. The molecule has 0 radical (unpaired) electrons. The van der Waals surface area contributed by atoms with Gasteiger partial charge in [-0.05, 0) is 42.8 Å². The van der Waals surface area contributed by atoms with E-state index in [1.165, 1.54) is 37.5 Å². The zero-order valence-electron chi connectivity index (χ0n) is 19.7. The molecular weight excluding hydrogens is 529 g/mol. The van der Waals surface area contributed by atoms with Gasteiger partial charge in [0, 0.05) is 13.2 Å². The number of benzene rings is 1. The van der Waals surface area contributed by atoms with E-state index in [1.807, 2.05) is 6.07 Å². The molecule has 38 heavy (non-hydrogen) atoms. The van der Waals surface area contributed by atoms with Crippen LogP contribution in [0, 0.1) is 18.3 Å². The normalized spacial score (nSPS) is 11.9. The summed E-state index contributed by atoms with van der Waals surface area (Å²) in [6.45, 7) is 1.12. The Morgan fingerprint density at radius 3 is 2.61 bits per heavy atom. The van der Waals surface area contributed by atoms with Gasteiger partial charge in [0.25, 0.3) is 17.6 Å². The smallest absolute Gasteiger partial charge is 0.355 e. The average Bonchev–Trinajstić information content (AvgIpc) is 3.30. The van der Waals surface area contributed by atoms with Crippen LogP contribution in [0.1, 0.15) is 37.7 Å². The highest BCUT2D eigenvalue weighted by Crippen LogP contribution is 2.26. The lowest BCUT2D eigenvalue weighted by atomic mass is 10.0. The highest BCUT2D eigenvalue weighted by atomic mass is 35.5. The van der Waals surface area contributed by atoms with Crippen molar-refractivity contribution in [2.75, 3.05) is 12.4 Å². The molecular formula is C22H18ClF3N10O2. The minimum Gasteiger partial charge on any atom is -0.355 e. The van der Waals surface area contributed by atoms with Gasteiger partial charge in [0.05, 0.1) is 33.6 Å². The van der Waals surface area contributed by atoms with Crippen molar-refractivity contribution >= 4 is 34.9 Å². The number of azo groups is 1. The molecule has 0 aliphatic carbocycles. The first-order valence-electron chi connectivity index (χ1n) is 10.5. The summed E-state index contributed by atoms with van der Waals surface area (Å²) in [7, 11) is 1.39. The fraction of sp³-hybridized carbons (Fsp3) is 0.182. The quantitative estimate of drug-likeness (QED) is 0.140. The second-order valence-corrected chi connectivity index (χ2v) is 7.86. The number of anilines is 1. The molecule has 0 aliphatic rings. The number of amidine groups is 1. The highest BCUT2D eigenvalue weighted by Gasteiger charge is 2.36. The average molecular weight is 547 g/mol. The molecule has 0 unspecified atom stereocenters. The summed E-state index contributed by atoms with van der Waals surface area (Å²) in [5.74, 6) is 1.80. The summed E-state index contributed by atoms with van der Waals surface area (Å²) in [6.07, 6.45) is -3.52. The molecule has 2 aromatic heterocycles. The first-order chi connectivity index (χ1) is 18.0. The summed E-state index contributed by atoms with van der Waals surface area (Å²) < 4.78 is 39.4. The van der Waals surface area contributed by atoms with E-state index in [4.69, 9.17) is 17.4 Å². The number of hydrogen-bond donors (Lipinski definition) is 3. The minimum atomic E-state index is -4.91. The number of hydrogen-bond acceptors (Lipinski definition) is 8. The van der Waals surface area contributed by atoms with Crippen molar-refractivity contribution in [2.45, 2.75) is 19.6 Å². The third-order valence-electron chi connectivity index (χ3n) is 4.88. The van der Waals surface area contributed by atoms with Crippen molar-refractivity contribution < 1.29 is 22.8 Å². The number of hydrazone groups is 1. The zero-order valence-corrected chi connectivity index (χ0v) is 20.5. The van der Waals surface area contributed by atoms with Crippen LogP contribution in [0.2, 0.25) is 5.02 Å². The minimum absolute atomic E-state index is 0.0299. The predicted molar refractivity (Wildman–Crippen MR) is 130 cm³/mol. The Kier molecular flexibility index (Phi) is 8.38. The second-order valence-electron chi connectivity index (χ2n) is 7.45. The molecule has 196 valence electrons. The van der Waals surface area contributed by atoms with E-state index in [0.29, 0.717) is 5.56 Å². The third kappa shape index (κ3) is 6.10. The molecule has 0 atom stereocenters. The second kappa shape index (κ2) is 11.5. The van der Waals surface area contributed by atoms with Gasteiger partial charge < -0.3 is 16.5 Å². The van der Waals surface area contributed by atoms with Gasteiger partial charge in [0.1, 0.15) is 12.2 Å². The van der Waals surface area contributed by atoms with Crippen molar-refractivity contribution in [3.8, 4) is 11.9 Å². The number of nitrogens with one attached hydrogen (secondary N) is 2. The number of carbonyl (C=O) groups is 2. The zero-order chi connectivity index (χ0) is 28.0. The van der Waals surface area contributed by atoms with Crippen LogP contribution >= 0.6 is 11.6 Å². The number of rotatable bonds is 6. The molecule has 2 amide bonds. The molecule has 4 N–H and O–H groups in total. The van der Waals surface area contributed by atoms with Crippen molar-refractivity contribution in [3.63, 3.8) is 0 Å². The lowest BCUT2D eigenvalue weighted by Crippen LogP contribution is -2.24. The summed E-state index contributed by atoms with van der Waals surface area (Å²) in [4.78, 5) is 29.9. The van der Waals surface area contributed by atoms with E-state index in [2.05, 4.69) is 36.0 Å². The summed E-state index contributed by atoms with van der Waals surface area (Å²) in [5.41, 5.74) is 0.690. The van der Waals surface area contributed by atoms with Crippen LogP contribution in [0.4, 0.5) is 18.9 Å². The Bertz CT molecular complexity index is 1490. The van der Waals surface area contributed by atoms with Crippen LogP contribution in [0.25, 0.3) is 5.82 Å². The fourth-order valence-electron chi connectivity index (χ4n) is 3.20. The summed E-state index contributed by atoms with van der Waals surface area (Å²) >= 11 is 6.23. The Morgan fingerprint density at radius 2 is 2.00 bits per heavy atom. The lowest BCUT2D eigenvalue weighted by Gasteiger charge is -2.14. The molecule has 0 aliphatic heterocycles. The van der Waals surface area contributed by atoms with Crippen LogP contribution < -0.4 is 16.5 Å². The number of aryl methyl sites for hydroxylation is 1. The van der Waals surface area contributed by atoms with E-state index < -0.39 is 30.4 Å².